The van der Waals surface area contributed by atoms with Crippen LogP contribution in [0.2, 0.25) is 0 Å². The molecule has 1 fully saturated rings. The number of morpholine rings is 1. The van der Waals surface area contributed by atoms with Gasteiger partial charge >= 0.3 is 0 Å². The zero-order chi connectivity index (χ0) is 10.9. The first kappa shape index (κ1) is 12.0. The molecule has 84 valence electrons. The largest absolute Gasteiger partial charge is 0.379 e. The highest BCUT2D eigenvalue weighted by molar-refractivity contribution is 5.76. The molecule has 0 bridgehead atoms. The Hall–Kier alpha value is -1.05. The third-order valence-electron chi connectivity index (χ3n) is 2.35. The van der Waals surface area contributed by atoms with Crippen LogP contribution in [0, 0.1) is 12.3 Å². The van der Waals surface area contributed by atoms with E-state index in [1.165, 1.54) is 0 Å². The third kappa shape index (κ3) is 5.40. The van der Waals surface area contributed by atoms with Crippen LogP contribution in [0.4, 0.5) is 0 Å². The van der Waals surface area contributed by atoms with Gasteiger partial charge in [0, 0.05) is 39.0 Å². The molecule has 0 aliphatic carbocycles. The topological polar surface area (TPSA) is 41.6 Å². The third-order valence-corrected chi connectivity index (χ3v) is 2.35. The molecule has 0 saturated carbocycles. The Morgan fingerprint density at radius 3 is 2.87 bits per heavy atom. The standard InChI is InChI=1S/C11H18N2O2/c1-2-3-4-11(14)12-5-6-13-7-9-15-10-8-13/h1H,3-10H2,(H,12,14). The van der Waals surface area contributed by atoms with Crippen LogP contribution in [-0.2, 0) is 9.53 Å². The molecular weight excluding hydrogens is 192 g/mol. The molecule has 1 heterocycles. The van der Waals surface area contributed by atoms with Crippen LogP contribution in [0.3, 0.4) is 0 Å². The van der Waals surface area contributed by atoms with Crippen molar-refractivity contribution in [1.82, 2.24) is 10.2 Å². The van der Waals surface area contributed by atoms with Gasteiger partial charge in [0.1, 0.15) is 0 Å². The minimum atomic E-state index is 0.0428. The Kier molecular flexibility index (Phi) is 5.83. The van der Waals surface area contributed by atoms with Crippen LogP contribution in [0.25, 0.3) is 0 Å². The maximum absolute atomic E-state index is 11.2. The van der Waals surface area contributed by atoms with Crippen molar-refractivity contribution in [3.05, 3.63) is 0 Å². The van der Waals surface area contributed by atoms with E-state index in [0.29, 0.717) is 19.4 Å². The van der Waals surface area contributed by atoms with E-state index in [1.807, 2.05) is 0 Å². The quantitative estimate of drug-likeness (QED) is 0.642. The number of nitrogens with zero attached hydrogens (tertiary/aromatic N) is 1. The van der Waals surface area contributed by atoms with E-state index in [-0.39, 0.29) is 5.91 Å². The summed E-state index contributed by atoms with van der Waals surface area (Å²) in [5, 5.41) is 2.85. The predicted octanol–water partition coefficient (Wildman–Crippen LogP) is -0.152. The molecule has 4 nitrogen and oxygen atoms in total. The number of nitrogens with one attached hydrogen (secondary N) is 1. The van der Waals surface area contributed by atoms with E-state index < -0.39 is 0 Å². The summed E-state index contributed by atoms with van der Waals surface area (Å²) in [6, 6.07) is 0. The first-order valence-corrected chi connectivity index (χ1v) is 5.33. The molecule has 0 aromatic rings. The van der Waals surface area contributed by atoms with Crippen molar-refractivity contribution < 1.29 is 9.53 Å². The van der Waals surface area contributed by atoms with Gasteiger partial charge in [-0.25, -0.2) is 0 Å². The maximum atomic E-state index is 11.2. The number of carbonyl (C=O) groups is 1. The van der Waals surface area contributed by atoms with Crippen molar-refractivity contribution >= 4 is 5.91 Å². The van der Waals surface area contributed by atoms with Crippen molar-refractivity contribution in [3.8, 4) is 12.3 Å². The Bertz CT molecular complexity index is 229. The number of hydrogen-bond acceptors (Lipinski definition) is 3. The molecule has 0 aromatic carbocycles. The molecule has 1 aliphatic heterocycles. The smallest absolute Gasteiger partial charge is 0.220 e. The molecule has 1 rings (SSSR count). The molecule has 0 unspecified atom stereocenters. The molecule has 1 saturated heterocycles. The SMILES string of the molecule is C#CCCC(=O)NCCN1CCOCC1. The van der Waals surface area contributed by atoms with Gasteiger partial charge in [0.15, 0.2) is 0 Å². The Balaban J connectivity index is 2.00. The summed E-state index contributed by atoms with van der Waals surface area (Å²) in [6.07, 6.45) is 6.02. The van der Waals surface area contributed by atoms with Crippen molar-refractivity contribution in [3.63, 3.8) is 0 Å². The van der Waals surface area contributed by atoms with E-state index in [1.54, 1.807) is 0 Å². The summed E-state index contributed by atoms with van der Waals surface area (Å²) in [4.78, 5) is 13.5. The minimum Gasteiger partial charge on any atom is -0.379 e. The highest BCUT2D eigenvalue weighted by Gasteiger charge is 2.09. The zero-order valence-corrected chi connectivity index (χ0v) is 9.00. The fraction of sp³-hybridized carbons (Fsp3) is 0.727. The molecule has 15 heavy (non-hydrogen) atoms. The second-order valence-electron chi connectivity index (χ2n) is 3.51. The van der Waals surface area contributed by atoms with Crippen LogP contribution in [-0.4, -0.2) is 50.2 Å². The summed E-state index contributed by atoms with van der Waals surface area (Å²) >= 11 is 0. The molecule has 1 amide bonds. The van der Waals surface area contributed by atoms with E-state index in [2.05, 4.69) is 16.1 Å². The van der Waals surface area contributed by atoms with Crippen molar-refractivity contribution in [1.29, 1.82) is 0 Å². The van der Waals surface area contributed by atoms with Crippen LogP contribution < -0.4 is 5.32 Å². The lowest BCUT2D eigenvalue weighted by Gasteiger charge is -2.26. The number of terminal acetylenes is 1. The van der Waals surface area contributed by atoms with E-state index in [4.69, 9.17) is 11.2 Å². The Morgan fingerprint density at radius 2 is 2.20 bits per heavy atom. The summed E-state index contributed by atoms with van der Waals surface area (Å²) in [5.41, 5.74) is 0. The van der Waals surface area contributed by atoms with Crippen LogP contribution in [0.15, 0.2) is 0 Å². The average molecular weight is 210 g/mol. The van der Waals surface area contributed by atoms with Crippen molar-refractivity contribution in [2.45, 2.75) is 12.8 Å². The lowest BCUT2D eigenvalue weighted by atomic mass is 10.3. The summed E-state index contributed by atoms with van der Waals surface area (Å²) in [7, 11) is 0. The predicted molar refractivity (Wildman–Crippen MR) is 58.3 cm³/mol. The molecule has 1 N–H and O–H groups in total. The Morgan fingerprint density at radius 1 is 1.47 bits per heavy atom. The molecule has 0 radical (unpaired) electrons. The fourth-order valence-electron chi connectivity index (χ4n) is 1.45. The highest BCUT2D eigenvalue weighted by atomic mass is 16.5. The second-order valence-corrected chi connectivity index (χ2v) is 3.51. The fourth-order valence-corrected chi connectivity index (χ4v) is 1.45. The lowest BCUT2D eigenvalue weighted by Crippen LogP contribution is -2.41. The van der Waals surface area contributed by atoms with Gasteiger partial charge in [0.25, 0.3) is 0 Å². The highest BCUT2D eigenvalue weighted by Crippen LogP contribution is 1.95. The van der Waals surface area contributed by atoms with Gasteiger partial charge in [-0.1, -0.05) is 0 Å². The van der Waals surface area contributed by atoms with Crippen LogP contribution >= 0.6 is 0 Å². The van der Waals surface area contributed by atoms with Crippen molar-refractivity contribution in [2.24, 2.45) is 0 Å². The van der Waals surface area contributed by atoms with E-state index >= 15 is 0 Å². The second kappa shape index (κ2) is 7.27. The molecule has 0 aromatic heterocycles. The van der Waals surface area contributed by atoms with Gasteiger partial charge in [-0.2, -0.15) is 0 Å². The first-order valence-electron chi connectivity index (χ1n) is 5.33. The number of amides is 1. The maximum Gasteiger partial charge on any atom is 0.220 e. The van der Waals surface area contributed by atoms with Gasteiger partial charge in [-0.15, -0.1) is 12.3 Å². The van der Waals surface area contributed by atoms with Gasteiger partial charge in [-0.3, -0.25) is 9.69 Å². The molecule has 0 atom stereocenters. The van der Waals surface area contributed by atoms with E-state index in [0.717, 1.165) is 32.8 Å². The van der Waals surface area contributed by atoms with E-state index in [9.17, 15) is 4.79 Å². The Labute approximate surface area is 91.0 Å². The average Bonchev–Trinajstić information content (AvgIpc) is 2.28. The summed E-state index contributed by atoms with van der Waals surface area (Å²) < 4.78 is 5.23. The number of carbonyl (C=O) groups excluding carboxylic acids is 1. The van der Waals surface area contributed by atoms with Gasteiger partial charge in [0.2, 0.25) is 5.91 Å². The lowest BCUT2D eigenvalue weighted by molar-refractivity contribution is -0.121. The van der Waals surface area contributed by atoms with Gasteiger partial charge < -0.3 is 10.1 Å². The molecular formula is C11H18N2O2. The monoisotopic (exact) mass is 210 g/mol. The van der Waals surface area contributed by atoms with Crippen molar-refractivity contribution in [2.75, 3.05) is 39.4 Å². The van der Waals surface area contributed by atoms with Crippen LogP contribution in [0.1, 0.15) is 12.8 Å². The number of ether oxygens (including phenoxy) is 1. The summed E-state index contributed by atoms with van der Waals surface area (Å²) in [5.74, 6) is 2.49. The summed E-state index contributed by atoms with van der Waals surface area (Å²) in [6.45, 7) is 5.10. The normalized spacial score (nSPS) is 17.0. The number of rotatable bonds is 5. The molecule has 4 heteroatoms. The zero-order valence-electron chi connectivity index (χ0n) is 9.00. The number of hydrogen-bond donors (Lipinski definition) is 1. The van der Waals surface area contributed by atoms with Crippen LogP contribution in [0.5, 0.6) is 0 Å². The molecule has 1 aliphatic rings. The van der Waals surface area contributed by atoms with Gasteiger partial charge in [0.05, 0.1) is 13.2 Å². The minimum absolute atomic E-state index is 0.0428. The van der Waals surface area contributed by atoms with Gasteiger partial charge in [-0.05, 0) is 0 Å². The first-order chi connectivity index (χ1) is 7.33. The molecule has 0 spiro atoms.